The molecule has 1 heterocycles. The molecule has 3 fully saturated rings. The monoisotopic (exact) mass is 532 g/mol. The van der Waals surface area contributed by atoms with Crippen LogP contribution in [-0.2, 0) is 14.3 Å². The average Bonchev–Trinajstić information content (AvgIpc) is 3.32. The first kappa shape index (κ1) is 27.8. The summed E-state index contributed by atoms with van der Waals surface area (Å²) < 4.78 is 17.4. The summed E-state index contributed by atoms with van der Waals surface area (Å²) in [4.78, 5) is 39.8. The van der Waals surface area contributed by atoms with Gasteiger partial charge < -0.3 is 29.2 Å². The third-order valence-electron chi connectivity index (χ3n) is 8.50. The van der Waals surface area contributed by atoms with Gasteiger partial charge in [0.15, 0.2) is 0 Å². The molecule has 0 spiro atoms. The zero-order chi connectivity index (χ0) is 26.8. The van der Waals surface area contributed by atoms with E-state index in [1.807, 2.05) is 14.0 Å². The highest BCUT2D eigenvalue weighted by Crippen LogP contribution is 2.41. The highest BCUT2D eigenvalue weighted by molar-refractivity contribution is 7.27. The van der Waals surface area contributed by atoms with Crippen LogP contribution in [-0.4, -0.2) is 69.1 Å². The van der Waals surface area contributed by atoms with E-state index in [2.05, 4.69) is 21.5 Å². The van der Waals surface area contributed by atoms with Crippen molar-refractivity contribution in [3.05, 3.63) is 17.7 Å². The standard InChI is InChI=1S/C28H41N2O6P/c1-27(8-5-9-27)16-30(3)26(33)20-14-35-15-21(20)29-25(32)19-12-23(24(37)13-22(19)34-4)36-18-6-10-28(2,17-31)11-7-18/h12-13,17-18,20-21H,5-11,14-16,37H2,1-4H3,(H,29,32)/t18-,20-,21+,28+/m0/s1. The minimum absolute atomic E-state index is 0.00633. The van der Waals surface area contributed by atoms with Crippen LogP contribution in [0.4, 0.5) is 0 Å². The SMILES string of the molecule is COc1cc(P)c(O[C@H]2CC[C@@](C)(C=O)CC2)cc1C(=O)N[C@@H]1COC[C@@H]1C(=O)N(C)CC1(C)CCC1. The fourth-order valence-corrected chi connectivity index (χ4v) is 6.05. The Hall–Kier alpha value is -2.18. The molecule has 0 radical (unpaired) electrons. The van der Waals surface area contributed by atoms with Gasteiger partial charge in [-0.3, -0.25) is 9.59 Å². The Morgan fingerprint density at radius 3 is 2.46 bits per heavy atom. The lowest BCUT2D eigenvalue weighted by Gasteiger charge is -2.41. The van der Waals surface area contributed by atoms with Crippen LogP contribution in [0, 0.1) is 16.7 Å². The van der Waals surface area contributed by atoms with Gasteiger partial charge in [-0.05, 0) is 56.1 Å². The summed E-state index contributed by atoms with van der Waals surface area (Å²) in [7, 11) is 6.01. The van der Waals surface area contributed by atoms with Crippen molar-refractivity contribution in [3.8, 4) is 11.5 Å². The Morgan fingerprint density at radius 2 is 1.86 bits per heavy atom. The van der Waals surface area contributed by atoms with Gasteiger partial charge in [-0.2, -0.15) is 0 Å². The first-order valence-electron chi connectivity index (χ1n) is 13.3. The fourth-order valence-electron chi connectivity index (χ4n) is 5.75. The van der Waals surface area contributed by atoms with E-state index in [1.54, 1.807) is 17.0 Å². The van der Waals surface area contributed by atoms with Crippen molar-refractivity contribution in [2.24, 2.45) is 16.7 Å². The number of amides is 2. The molecule has 1 unspecified atom stereocenters. The number of carbonyl (C=O) groups is 3. The van der Waals surface area contributed by atoms with Crippen LogP contribution >= 0.6 is 9.24 Å². The molecule has 0 bridgehead atoms. The number of nitrogens with one attached hydrogen (secondary N) is 1. The second kappa shape index (κ2) is 11.3. The molecule has 3 atom stereocenters. The van der Waals surface area contributed by atoms with E-state index < -0.39 is 12.0 Å². The maximum Gasteiger partial charge on any atom is 0.255 e. The second-order valence-corrected chi connectivity index (χ2v) is 12.4. The molecule has 1 aromatic rings. The topological polar surface area (TPSA) is 94.2 Å². The molecule has 0 aromatic heterocycles. The predicted octanol–water partition coefficient (Wildman–Crippen LogP) is 3.12. The van der Waals surface area contributed by atoms with Crippen LogP contribution in [0.25, 0.3) is 0 Å². The molecule has 2 saturated carbocycles. The van der Waals surface area contributed by atoms with E-state index in [4.69, 9.17) is 14.2 Å². The number of rotatable bonds is 9. The van der Waals surface area contributed by atoms with Crippen LogP contribution in [0.15, 0.2) is 12.1 Å². The zero-order valence-corrected chi connectivity index (χ0v) is 23.7. The number of benzene rings is 1. The van der Waals surface area contributed by atoms with Gasteiger partial charge >= 0.3 is 0 Å². The summed E-state index contributed by atoms with van der Waals surface area (Å²) in [5.41, 5.74) is 0.261. The lowest BCUT2D eigenvalue weighted by atomic mass is 9.70. The Balaban J connectivity index is 1.44. The molecule has 1 aromatic carbocycles. The number of carbonyl (C=O) groups excluding carboxylic acids is 3. The molecule has 204 valence electrons. The smallest absolute Gasteiger partial charge is 0.255 e. The van der Waals surface area contributed by atoms with Gasteiger partial charge in [0.25, 0.3) is 5.91 Å². The van der Waals surface area contributed by atoms with Crippen molar-refractivity contribution < 1.29 is 28.6 Å². The highest BCUT2D eigenvalue weighted by Gasteiger charge is 2.40. The Kier molecular flexibility index (Phi) is 8.49. The third-order valence-corrected chi connectivity index (χ3v) is 8.95. The lowest BCUT2D eigenvalue weighted by Crippen LogP contribution is -2.49. The predicted molar refractivity (Wildman–Crippen MR) is 145 cm³/mol. The molecular formula is C28H41N2O6P. The van der Waals surface area contributed by atoms with Gasteiger partial charge in [-0.15, -0.1) is 9.24 Å². The van der Waals surface area contributed by atoms with Crippen molar-refractivity contribution >= 4 is 32.6 Å². The van der Waals surface area contributed by atoms with Gasteiger partial charge in [0.2, 0.25) is 5.91 Å². The van der Waals surface area contributed by atoms with E-state index in [0.717, 1.165) is 56.7 Å². The minimum Gasteiger partial charge on any atom is -0.496 e. The number of methoxy groups -OCH3 is 1. The van der Waals surface area contributed by atoms with Crippen molar-refractivity contribution in [2.75, 3.05) is 33.9 Å². The van der Waals surface area contributed by atoms with Crippen molar-refractivity contribution in [1.82, 2.24) is 10.2 Å². The number of hydrogen-bond donors (Lipinski definition) is 1. The summed E-state index contributed by atoms with van der Waals surface area (Å²) in [5.74, 6) is 0.288. The van der Waals surface area contributed by atoms with E-state index in [9.17, 15) is 14.4 Å². The fraction of sp³-hybridized carbons (Fsp3) is 0.679. The summed E-state index contributed by atoms with van der Waals surface area (Å²) in [6.07, 6.45) is 7.64. The molecule has 8 nitrogen and oxygen atoms in total. The van der Waals surface area contributed by atoms with Gasteiger partial charge in [-0.25, -0.2) is 0 Å². The van der Waals surface area contributed by atoms with Gasteiger partial charge in [0, 0.05) is 24.3 Å². The molecule has 9 heteroatoms. The molecule has 2 amide bonds. The Labute approximate surface area is 222 Å². The zero-order valence-electron chi connectivity index (χ0n) is 22.5. The van der Waals surface area contributed by atoms with Gasteiger partial charge in [0.1, 0.15) is 17.8 Å². The highest BCUT2D eigenvalue weighted by atomic mass is 31.0. The number of aldehydes is 1. The van der Waals surface area contributed by atoms with Crippen LogP contribution in [0.3, 0.4) is 0 Å². The lowest BCUT2D eigenvalue weighted by molar-refractivity contribution is -0.136. The molecule has 1 saturated heterocycles. The maximum atomic E-state index is 13.4. The van der Waals surface area contributed by atoms with Crippen molar-refractivity contribution in [1.29, 1.82) is 0 Å². The minimum atomic E-state index is -0.422. The number of ether oxygens (including phenoxy) is 3. The summed E-state index contributed by atoms with van der Waals surface area (Å²) in [5, 5.41) is 3.81. The van der Waals surface area contributed by atoms with E-state index in [1.165, 1.54) is 13.5 Å². The second-order valence-electron chi connectivity index (χ2n) is 11.8. The summed E-state index contributed by atoms with van der Waals surface area (Å²) >= 11 is 0. The molecule has 1 aliphatic heterocycles. The normalized spacial score (nSPS) is 28.6. The first-order chi connectivity index (χ1) is 17.6. The Morgan fingerprint density at radius 1 is 1.16 bits per heavy atom. The average molecular weight is 533 g/mol. The number of nitrogens with zero attached hydrogens (tertiary/aromatic N) is 1. The third kappa shape index (κ3) is 6.28. The molecule has 3 aliphatic rings. The van der Waals surface area contributed by atoms with Crippen LogP contribution < -0.4 is 20.1 Å². The molecular weight excluding hydrogens is 491 g/mol. The van der Waals surface area contributed by atoms with Crippen LogP contribution in [0.1, 0.15) is 69.2 Å². The van der Waals surface area contributed by atoms with Gasteiger partial charge in [-0.1, -0.05) is 20.3 Å². The summed E-state index contributed by atoms with van der Waals surface area (Å²) in [6.45, 7) is 5.52. The molecule has 2 aliphatic carbocycles. The van der Waals surface area contributed by atoms with Crippen molar-refractivity contribution in [2.45, 2.75) is 70.9 Å². The van der Waals surface area contributed by atoms with E-state index in [0.29, 0.717) is 23.7 Å². The van der Waals surface area contributed by atoms with E-state index in [-0.39, 0.29) is 35.4 Å². The van der Waals surface area contributed by atoms with Crippen LogP contribution in [0.2, 0.25) is 0 Å². The maximum absolute atomic E-state index is 13.4. The first-order valence-corrected chi connectivity index (χ1v) is 13.9. The van der Waals surface area contributed by atoms with Crippen molar-refractivity contribution in [3.63, 3.8) is 0 Å². The summed E-state index contributed by atoms with van der Waals surface area (Å²) in [6, 6.07) is 3.06. The Bertz CT molecular complexity index is 1020. The molecule has 1 N–H and O–H groups in total. The van der Waals surface area contributed by atoms with Gasteiger partial charge in [0.05, 0.1) is 44.0 Å². The quantitative estimate of drug-likeness (QED) is 0.388. The molecule has 4 rings (SSSR count). The van der Waals surface area contributed by atoms with Crippen LogP contribution in [0.5, 0.6) is 11.5 Å². The largest absolute Gasteiger partial charge is 0.496 e. The number of hydrogen-bond acceptors (Lipinski definition) is 6. The van der Waals surface area contributed by atoms with E-state index >= 15 is 0 Å². The molecule has 37 heavy (non-hydrogen) atoms.